The summed E-state index contributed by atoms with van der Waals surface area (Å²) in [6.07, 6.45) is 8.35. The minimum atomic E-state index is -0.360. The number of carbonyl (C=O) groups excluding carboxylic acids is 2. The number of ether oxygens (including phenoxy) is 2. The molecule has 0 aromatic rings. The summed E-state index contributed by atoms with van der Waals surface area (Å²) < 4.78 is 9.90. The van der Waals surface area contributed by atoms with Crippen molar-refractivity contribution in [2.75, 3.05) is 6.61 Å². The Balaban J connectivity index is 3.40. The van der Waals surface area contributed by atoms with Gasteiger partial charge in [0.2, 0.25) is 0 Å². The third-order valence-corrected chi connectivity index (χ3v) is 2.84. The molecule has 0 saturated carbocycles. The first-order valence-electron chi connectivity index (χ1n) is 7.39. The zero-order valence-corrected chi connectivity index (χ0v) is 12.6. The highest BCUT2D eigenvalue weighted by molar-refractivity contribution is 5.69. The quantitative estimate of drug-likeness (QED) is 0.426. The second-order valence-electron chi connectivity index (χ2n) is 4.97. The van der Waals surface area contributed by atoms with Crippen LogP contribution in [0.3, 0.4) is 0 Å². The number of unbranched alkanes of at least 4 members (excludes halogenated alkanes) is 6. The summed E-state index contributed by atoms with van der Waals surface area (Å²) in [6.45, 7) is 5.41. The van der Waals surface area contributed by atoms with Crippen LogP contribution in [0.5, 0.6) is 0 Å². The van der Waals surface area contributed by atoms with Crippen LogP contribution in [0.2, 0.25) is 0 Å². The SMILES string of the molecule is CCCCCCCCCC(=O)OC(C)COC(C)=O. The molecule has 0 rings (SSSR count). The predicted molar refractivity (Wildman–Crippen MR) is 74.8 cm³/mol. The van der Waals surface area contributed by atoms with E-state index < -0.39 is 0 Å². The van der Waals surface area contributed by atoms with E-state index in [1.165, 1.54) is 39.0 Å². The fraction of sp³-hybridized carbons (Fsp3) is 0.867. The van der Waals surface area contributed by atoms with Gasteiger partial charge in [-0.25, -0.2) is 0 Å². The average Bonchev–Trinajstić information content (AvgIpc) is 2.35. The molecule has 0 fully saturated rings. The topological polar surface area (TPSA) is 52.6 Å². The largest absolute Gasteiger partial charge is 0.462 e. The first-order chi connectivity index (χ1) is 9.06. The molecule has 19 heavy (non-hydrogen) atoms. The molecule has 0 saturated heterocycles. The molecule has 0 amide bonds. The molecule has 0 aliphatic heterocycles. The molecule has 4 heteroatoms. The Morgan fingerprint density at radius 3 is 2.16 bits per heavy atom. The molecule has 0 aromatic carbocycles. The molecule has 0 radical (unpaired) electrons. The highest BCUT2D eigenvalue weighted by Gasteiger charge is 2.10. The number of esters is 2. The van der Waals surface area contributed by atoms with Gasteiger partial charge in [-0.1, -0.05) is 45.4 Å². The molecule has 112 valence electrons. The van der Waals surface area contributed by atoms with Gasteiger partial charge < -0.3 is 9.47 Å². The Bertz CT molecular complexity index is 251. The number of hydrogen-bond donors (Lipinski definition) is 0. The maximum absolute atomic E-state index is 11.5. The first kappa shape index (κ1) is 17.9. The van der Waals surface area contributed by atoms with Gasteiger partial charge in [-0.2, -0.15) is 0 Å². The predicted octanol–water partition coefficient (Wildman–Crippen LogP) is 3.62. The normalized spacial score (nSPS) is 11.9. The molecule has 0 bridgehead atoms. The zero-order valence-electron chi connectivity index (χ0n) is 12.6. The van der Waals surface area contributed by atoms with Crippen LogP contribution in [0.15, 0.2) is 0 Å². The molecule has 0 aromatic heterocycles. The molecule has 0 N–H and O–H groups in total. The van der Waals surface area contributed by atoms with E-state index in [2.05, 4.69) is 6.92 Å². The van der Waals surface area contributed by atoms with E-state index >= 15 is 0 Å². The lowest BCUT2D eigenvalue weighted by atomic mass is 10.1. The van der Waals surface area contributed by atoms with Crippen LogP contribution in [0, 0.1) is 0 Å². The van der Waals surface area contributed by atoms with Crippen LogP contribution in [-0.2, 0) is 19.1 Å². The van der Waals surface area contributed by atoms with Crippen molar-refractivity contribution in [2.24, 2.45) is 0 Å². The molecule has 4 nitrogen and oxygen atoms in total. The summed E-state index contributed by atoms with van der Waals surface area (Å²) in [5, 5.41) is 0. The minimum Gasteiger partial charge on any atom is -0.462 e. The van der Waals surface area contributed by atoms with E-state index in [-0.39, 0.29) is 24.6 Å². The number of rotatable bonds is 11. The van der Waals surface area contributed by atoms with Gasteiger partial charge in [0.05, 0.1) is 0 Å². The van der Waals surface area contributed by atoms with Gasteiger partial charge >= 0.3 is 11.9 Å². The highest BCUT2D eigenvalue weighted by Crippen LogP contribution is 2.09. The molecule has 0 aliphatic rings. The maximum atomic E-state index is 11.5. The van der Waals surface area contributed by atoms with Crippen molar-refractivity contribution >= 4 is 11.9 Å². The van der Waals surface area contributed by atoms with Gasteiger partial charge in [-0.3, -0.25) is 9.59 Å². The van der Waals surface area contributed by atoms with E-state index in [4.69, 9.17) is 9.47 Å². The Morgan fingerprint density at radius 1 is 1.00 bits per heavy atom. The van der Waals surface area contributed by atoms with Gasteiger partial charge in [0.15, 0.2) is 0 Å². The summed E-state index contributed by atoms with van der Waals surface area (Å²) in [5.41, 5.74) is 0. The van der Waals surface area contributed by atoms with Gasteiger partial charge in [-0.15, -0.1) is 0 Å². The van der Waals surface area contributed by atoms with E-state index in [1.54, 1.807) is 6.92 Å². The molecule has 1 unspecified atom stereocenters. The molecule has 0 heterocycles. The first-order valence-corrected chi connectivity index (χ1v) is 7.39. The van der Waals surface area contributed by atoms with Crippen molar-refractivity contribution in [1.29, 1.82) is 0 Å². The molecular formula is C15H28O4. The molecule has 0 spiro atoms. The van der Waals surface area contributed by atoms with Crippen molar-refractivity contribution in [3.63, 3.8) is 0 Å². The fourth-order valence-corrected chi connectivity index (χ4v) is 1.78. The molecule has 1 atom stereocenters. The van der Waals surface area contributed by atoms with Crippen molar-refractivity contribution in [1.82, 2.24) is 0 Å². The zero-order chi connectivity index (χ0) is 14.5. The van der Waals surface area contributed by atoms with Crippen molar-refractivity contribution in [3.8, 4) is 0 Å². The maximum Gasteiger partial charge on any atom is 0.306 e. The van der Waals surface area contributed by atoms with Crippen LogP contribution < -0.4 is 0 Å². The lowest BCUT2D eigenvalue weighted by Gasteiger charge is -2.12. The highest BCUT2D eigenvalue weighted by atomic mass is 16.6. The second-order valence-corrected chi connectivity index (χ2v) is 4.97. The fourth-order valence-electron chi connectivity index (χ4n) is 1.78. The Morgan fingerprint density at radius 2 is 1.58 bits per heavy atom. The van der Waals surface area contributed by atoms with Gasteiger partial charge in [0.25, 0.3) is 0 Å². The van der Waals surface area contributed by atoms with Crippen molar-refractivity contribution in [3.05, 3.63) is 0 Å². The van der Waals surface area contributed by atoms with E-state index in [0.717, 1.165) is 12.8 Å². The smallest absolute Gasteiger partial charge is 0.306 e. The van der Waals surface area contributed by atoms with Crippen LogP contribution in [0.4, 0.5) is 0 Å². The number of carbonyl (C=O) groups is 2. The number of hydrogen-bond acceptors (Lipinski definition) is 4. The van der Waals surface area contributed by atoms with Crippen LogP contribution in [0.25, 0.3) is 0 Å². The summed E-state index contributed by atoms with van der Waals surface area (Å²) in [4.78, 5) is 22.1. The summed E-state index contributed by atoms with van der Waals surface area (Å²) in [5.74, 6) is -0.553. The summed E-state index contributed by atoms with van der Waals surface area (Å²) in [6, 6.07) is 0. The lowest BCUT2D eigenvalue weighted by Crippen LogP contribution is -2.21. The van der Waals surface area contributed by atoms with Crippen LogP contribution in [0.1, 0.15) is 72.1 Å². The van der Waals surface area contributed by atoms with Crippen LogP contribution in [-0.4, -0.2) is 24.6 Å². The Hall–Kier alpha value is -1.06. The standard InChI is InChI=1S/C15H28O4/c1-4-5-6-7-8-9-10-11-15(17)19-13(2)12-18-14(3)16/h13H,4-12H2,1-3H3. The average molecular weight is 272 g/mol. The Kier molecular flexibility index (Phi) is 11.3. The summed E-state index contributed by atoms with van der Waals surface area (Å²) >= 11 is 0. The lowest BCUT2D eigenvalue weighted by molar-refractivity contribution is -0.157. The van der Waals surface area contributed by atoms with Gasteiger partial charge in [0, 0.05) is 13.3 Å². The van der Waals surface area contributed by atoms with E-state index in [9.17, 15) is 9.59 Å². The molecular weight excluding hydrogens is 244 g/mol. The van der Waals surface area contributed by atoms with Crippen molar-refractivity contribution < 1.29 is 19.1 Å². The van der Waals surface area contributed by atoms with E-state index in [1.807, 2.05) is 0 Å². The van der Waals surface area contributed by atoms with E-state index in [0.29, 0.717) is 6.42 Å². The molecule has 0 aliphatic carbocycles. The minimum absolute atomic E-state index is 0.137. The monoisotopic (exact) mass is 272 g/mol. The Labute approximate surface area is 116 Å². The third kappa shape index (κ3) is 13.2. The van der Waals surface area contributed by atoms with Crippen LogP contribution >= 0.6 is 0 Å². The second kappa shape index (κ2) is 12.0. The van der Waals surface area contributed by atoms with Gasteiger partial charge in [0.1, 0.15) is 12.7 Å². The summed E-state index contributed by atoms with van der Waals surface area (Å²) in [7, 11) is 0. The van der Waals surface area contributed by atoms with Crippen molar-refractivity contribution in [2.45, 2.75) is 78.2 Å². The third-order valence-electron chi connectivity index (χ3n) is 2.84. The van der Waals surface area contributed by atoms with Gasteiger partial charge in [-0.05, 0) is 13.3 Å².